The van der Waals surface area contributed by atoms with E-state index < -0.39 is 12.0 Å². The van der Waals surface area contributed by atoms with Gasteiger partial charge in [0, 0.05) is 0 Å². The number of hydrogen-bond donors (Lipinski definition) is 0. The summed E-state index contributed by atoms with van der Waals surface area (Å²) in [5.41, 5.74) is 2.60. The Labute approximate surface area is 165 Å². The first kappa shape index (κ1) is 20.9. The molecule has 2 aromatic rings. The van der Waals surface area contributed by atoms with E-state index in [0.717, 1.165) is 25.7 Å². The summed E-state index contributed by atoms with van der Waals surface area (Å²) in [4.78, 5) is 0. The second-order valence-corrected chi connectivity index (χ2v) is 8.11. The highest BCUT2D eigenvalue weighted by molar-refractivity contribution is 5.68. The van der Waals surface area contributed by atoms with E-state index in [9.17, 15) is 13.2 Å². The van der Waals surface area contributed by atoms with Crippen LogP contribution in [0.4, 0.5) is 13.2 Å². The predicted octanol–water partition coefficient (Wildman–Crippen LogP) is 7.72. The molecule has 0 heterocycles. The molecule has 3 rings (SSSR count). The number of alkyl halides is 3. The number of ether oxygens (including phenoxy) is 1. The molecule has 1 aliphatic carbocycles. The highest BCUT2D eigenvalue weighted by Crippen LogP contribution is 2.46. The molecule has 1 atom stereocenters. The van der Waals surface area contributed by atoms with Gasteiger partial charge in [0.15, 0.2) is 0 Å². The molecule has 1 fully saturated rings. The fourth-order valence-electron chi connectivity index (χ4n) is 4.85. The first-order chi connectivity index (χ1) is 13.3. The third-order valence-electron chi connectivity index (χ3n) is 6.17. The van der Waals surface area contributed by atoms with Gasteiger partial charge in [-0.1, -0.05) is 67.9 Å². The van der Waals surface area contributed by atoms with E-state index in [2.05, 4.69) is 35.1 Å². The van der Waals surface area contributed by atoms with Crippen LogP contribution in [0.2, 0.25) is 0 Å². The van der Waals surface area contributed by atoms with Crippen molar-refractivity contribution in [3.63, 3.8) is 0 Å². The van der Waals surface area contributed by atoms with Gasteiger partial charge >= 0.3 is 6.36 Å². The molecule has 0 aliphatic heterocycles. The Morgan fingerprint density at radius 3 is 2.11 bits per heavy atom. The van der Waals surface area contributed by atoms with Crippen molar-refractivity contribution in [1.82, 2.24) is 0 Å². The molecule has 0 aromatic heterocycles. The normalized spacial score (nSPS) is 22.6. The SMILES string of the molecule is CCCC(C)(OC(F)(F)F)C1CCC(c2ccccc2-c2ccccc2)CC1. The molecule has 1 unspecified atom stereocenters. The van der Waals surface area contributed by atoms with Gasteiger partial charge in [-0.25, -0.2) is 0 Å². The van der Waals surface area contributed by atoms with Gasteiger partial charge < -0.3 is 0 Å². The Kier molecular flexibility index (Phi) is 6.49. The third kappa shape index (κ3) is 4.96. The fourth-order valence-corrected chi connectivity index (χ4v) is 4.85. The van der Waals surface area contributed by atoms with Crippen LogP contribution in [-0.2, 0) is 4.74 Å². The van der Waals surface area contributed by atoms with Gasteiger partial charge in [-0.05, 0) is 67.6 Å². The van der Waals surface area contributed by atoms with Gasteiger partial charge in [0.25, 0.3) is 0 Å². The smallest absolute Gasteiger partial charge is 0.285 e. The molecule has 0 N–H and O–H groups in total. The summed E-state index contributed by atoms with van der Waals surface area (Å²) in [5, 5.41) is 0. The summed E-state index contributed by atoms with van der Waals surface area (Å²) in [6, 6.07) is 18.7. The molecule has 4 heteroatoms. The van der Waals surface area contributed by atoms with Crippen molar-refractivity contribution in [2.75, 3.05) is 0 Å². The zero-order valence-corrected chi connectivity index (χ0v) is 16.6. The van der Waals surface area contributed by atoms with Crippen molar-refractivity contribution in [2.24, 2.45) is 5.92 Å². The summed E-state index contributed by atoms with van der Waals surface area (Å²) in [6.07, 6.45) is -0.142. The quantitative estimate of drug-likeness (QED) is 0.490. The molecule has 0 bridgehead atoms. The summed E-state index contributed by atoms with van der Waals surface area (Å²) in [7, 11) is 0. The van der Waals surface area contributed by atoms with E-state index in [4.69, 9.17) is 0 Å². The van der Waals surface area contributed by atoms with E-state index in [0.29, 0.717) is 18.8 Å². The summed E-state index contributed by atoms with van der Waals surface area (Å²) in [5.74, 6) is 0.318. The van der Waals surface area contributed by atoms with Gasteiger partial charge in [-0.3, -0.25) is 4.74 Å². The lowest BCUT2D eigenvalue weighted by Gasteiger charge is -2.42. The van der Waals surface area contributed by atoms with E-state index >= 15 is 0 Å². The van der Waals surface area contributed by atoms with Crippen molar-refractivity contribution in [1.29, 1.82) is 0 Å². The molecule has 1 saturated carbocycles. The Morgan fingerprint density at radius 1 is 0.893 bits per heavy atom. The van der Waals surface area contributed by atoms with Gasteiger partial charge in [0.05, 0.1) is 5.60 Å². The number of hydrogen-bond acceptors (Lipinski definition) is 1. The molecule has 152 valence electrons. The van der Waals surface area contributed by atoms with Crippen LogP contribution in [0.5, 0.6) is 0 Å². The molecule has 0 amide bonds. The van der Waals surface area contributed by atoms with E-state index in [1.165, 1.54) is 16.7 Å². The monoisotopic (exact) mass is 390 g/mol. The van der Waals surface area contributed by atoms with Crippen LogP contribution in [0.15, 0.2) is 54.6 Å². The van der Waals surface area contributed by atoms with Crippen LogP contribution in [-0.4, -0.2) is 12.0 Å². The van der Waals surface area contributed by atoms with Crippen molar-refractivity contribution in [3.8, 4) is 11.1 Å². The summed E-state index contributed by atoms with van der Waals surface area (Å²) < 4.78 is 43.6. The van der Waals surface area contributed by atoms with Crippen LogP contribution >= 0.6 is 0 Å². The average molecular weight is 390 g/mol. The van der Waals surface area contributed by atoms with Crippen LogP contribution < -0.4 is 0 Å². The Hall–Kier alpha value is -1.81. The van der Waals surface area contributed by atoms with Gasteiger partial charge in [0.1, 0.15) is 0 Å². The molecule has 0 saturated heterocycles. The first-order valence-electron chi connectivity index (χ1n) is 10.2. The van der Waals surface area contributed by atoms with Crippen LogP contribution in [0.3, 0.4) is 0 Å². The molecule has 28 heavy (non-hydrogen) atoms. The number of rotatable bonds is 6. The maximum absolute atomic E-state index is 13.0. The van der Waals surface area contributed by atoms with E-state index in [1.54, 1.807) is 6.92 Å². The Bertz CT molecular complexity index is 748. The largest absolute Gasteiger partial charge is 0.523 e. The summed E-state index contributed by atoms with van der Waals surface area (Å²) in [6.45, 7) is 3.56. The van der Waals surface area contributed by atoms with Crippen LogP contribution in [0.1, 0.15) is 63.9 Å². The summed E-state index contributed by atoms with van der Waals surface area (Å²) >= 11 is 0. The lowest BCUT2D eigenvalue weighted by molar-refractivity contribution is -0.374. The average Bonchev–Trinajstić information content (AvgIpc) is 2.68. The highest BCUT2D eigenvalue weighted by Gasteiger charge is 2.45. The maximum Gasteiger partial charge on any atom is 0.523 e. The predicted molar refractivity (Wildman–Crippen MR) is 107 cm³/mol. The minimum Gasteiger partial charge on any atom is -0.285 e. The first-order valence-corrected chi connectivity index (χ1v) is 10.2. The van der Waals surface area contributed by atoms with Crippen molar-refractivity contribution in [3.05, 3.63) is 60.2 Å². The molecule has 1 nitrogen and oxygen atoms in total. The highest BCUT2D eigenvalue weighted by atomic mass is 19.4. The lowest BCUT2D eigenvalue weighted by atomic mass is 9.70. The van der Waals surface area contributed by atoms with Crippen LogP contribution in [0, 0.1) is 5.92 Å². The Morgan fingerprint density at radius 2 is 1.50 bits per heavy atom. The van der Waals surface area contributed by atoms with Crippen molar-refractivity contribution >= 4 is 0 Å². The number of halogens is 3. The zero-order valence-electron chi connectivity index (χ0n) is 16.6. The van der Waals surface area contributed by atoms with Crippen molar-refractivity contribution in [2.45, 2.75) is 70.3 Å². The van der Waals surface area contributed by atoms with Gasteiger partial charge in [-0.2, -0.15) is 0 Å². The minimum absolute atomic E-state index is 0.0609. The molecular weight excluding hydrogens is 361 g/mol. The topological polar surface area (TPSA) is 9.23 Å². The second kappa shape index (κ2) is 8.69. The molecule has 1 aliphatic rings. The fraction of sp³-hybridized carbons (Fsp3) is 0.500. The molecular formula is C24H29F3O. The number of benzene rings is 2. The molecule has 2 aromatic carbocycles. The molecule has 0 spiro atoms. The lowest BCUT2D eigenvalue weighted by Crippen LogP contribution is -2.43. The molecule has 0 radical (unpaired) electrons. The third-order valence-corrected chi connectivity index (χ3v) is 6.17. The Balaban J connectivity index is 1.76. The maximum atomic E-state index is 13.0. The van der Waals surface area contributed by atoms with E-state index in [-0.39, 0.29) is 5.92 Å². The second-order valence-electron chi connectivity index (χ2n) is 8.11. The standard InChI is InChI=1S/C24H29F3O/c1-3-17-23(2,28-24(25,26)27)20-15-13-19(14-16-20)22-12-8-7-11-21(22)18-9-5-4-6-10-18/h4-12,19-20H,3,13-17H2,1-2H3. The minimum atomic E-state index is -4.58. The van der Waals surface area contributed by atoms with Crippen LogP contribution in [0.25, 0.3) is 11.1 Å². The zero-order chi connectivity index (χ0) is 20.2. The van der Waals surface area contributed by atoms with E-state index in [1.807, 2.05) is 31.2 Å². The van der Waals surface area contributed by atoms with Crippen molar-refractivity contribution < 1.29 is 17.9 Å². The van der Waals surface area contributed by atoms with Gasteiger partial charge in [-0.15, -0.1) is 13.2 Å². The van der Waals surface area contributed by atoms with Gasteiger partial charge in [0.2, 0.25) is 0 Å².